The molecule has 2 aromatic carbocycles. The van der Waals surface area contributed by atoms with Crippen molar-refractivity contribution in [2.24, 2.45) is 11.8 Å². The number of hydrogen-bond donors (Lipinski definition) is 2. The molecule has 1 aromatic heterocycles. The largest absolute Gasteiger partial charge is 0.497 e. The molecule has 35 heavy (non-hydrogen) atoms. The third kappa shape index (κ3) is 6.03. The van der Waals surface area contributed by atoms with E-state index in [2.05, 4.69) is 41.5 Å². The molecule has 1 unspecified atom stereocenters. The number of carbonyl (C=O) groups is 1. The van der Waals surface area contributed by atoms with E-state index in [0.29, 0.717) is 19.1 Å². The maximum atomic E-state index is 12.2. The number of aromatic nitrogens is 1. The van der Waals surface area contributed by atoms with E-state index >= 15 is 0 Å². The molecule has 7 nitrogen and oxygen atoms in total. The lowest BCUT2D eigenvalue weighted by atomic mass is 10.1. The van der Waals surface area contributed by atoms with Crippen LogP contribution in [0.1, 0.15) is 20.3 Å². The Kier molecular flexibility index (Phi) is 8.08. The molecule has 1 aliphatic rings. The number of hydrogen-bond acceptors (Lipinski definition) is 6. The summed E-state index contributed by atoms with van der Waals surface area (Å²) < 4.78 is 11.3. The minimum absolute atomic E-state index is 0.00336. The first-order chi connectivity index (χ1) is 17.0. The first-order valence-electron chi connectivity index (χ1n) is 12.4. The molecule has 4 rings (SSSR count). The van der Waals surface area contributed by atoms with E-state index in [1.54, 1.807) is 14.2 Å². The molecule has 1 saturated heterocycles. The number of rotatable bonds is 10. The third-order valence-electron chi connectivity index (χ3n) is 6.39. The number of benzene rings is 2. The number of pyridine rings is 1. The highest BCUT2D eigenvalue weighted by atomic mass is 16.5. The molecule has 0 aliphatic carbocycles. The van der Waals surface area contributed by atoms with Gasteiger partial charge in [0.1, 0.15) is 18.1 Å². The van der Waals surface area contributed by atoms with Crippen LogP contribution in [0.5, 0.6) is 11.5 Å². The number of methoxy groups -OCH3 is 1. The lowest BCUT2D eigenvalue weighted by molar-refractivity contribution is -0.123. The molecule has 7 heteroatoms. The van der Waals surface area contributed by atoms with Gasteiger partial charge in [-0.3, -0.25) is 4.79 Å². The minimum Gasteiger partial charge on any atom is -0.497 e. The third-order valence-corrected chi connectivity index (χ3v) is 6.39. The predicted octanol–water partition coefficient (Wildman–Crippen LogP) is 4.11. The zero-order chi connectivity index (χ0) is 24.8. The van der Waals surface area contributed by atoms with E-state index in [9.17, 15) is 4.79 Å². The first-order valence-corrected chi connectivity index (χ1v) is 12.4. The predicted molar refractivity (Wildman–Crippen MR) is 141 cm³/mol. The van der Waals surface area contributed by atoms with Crippen LogP contribution < -0.4 is 25.0 Å². The van der Waals surface area contributed by atoms with Crippen LogP contribution in [-0.2, 0) is 4.79 Å². The molecule has 0 radical (unpaired) electrons. The number of carbonyl (C=O) groups excluding carboxylic acids is 1. The molecule has 1 fully saturated rings. The van der Waals surface area contributed by atoms with Gasteiger partial charge in [-0.25, -0.2) is 4.98 Å². The maximum absolute atomic E-state index is 12.2. The SMILES string of the molecule is CNC(=O)C1CCN(c2cc(-c3ccc(OCCNCC(C)C)cc3)nc3cc(OC)ccc23)C1. The number of fused-ring (bicyclic) bond motifs is 1. The zero-order valence-electron chi connectivity index (χ0n) is 21.1. The monoisotopic (exact) mass is 476 g/mol. The van der Waals surface area contributed by atoms with Crippen LogP contribution in [0.15, 0.2) is 48.5 Å². The van der Waals surface area contributed by atoms with E-state index in [1.807, 2.05) is 36.4 Å². The van der Waals surface area contributed by atoms with Crippen molar-refractivity contribution in [1.29, 1.82) is 0 Å². The quantitative estimate of drug-likeness (QED) is 0.429. The Morgan fingerprint density at radius 1 is 1.14 bits per heavy atom. The van der Waals surface area contributed by atoms with Crippen molar-refractivity contribution in [1.82, 2.24) is 15.6 Å². The average molecular weight is 477 g/mol. The molecule has 1 atom stereocenters. The summed E-state index contributed by atoms with van der Waals surface area (Å²) in [6.07, 6.45) is 0.840. The van der Waals surface area contributed by atoms with Crippen LogP contribution in [0, 0.1) is 11.8 Å². The summed E-state index contributed by atoms with van der Waals surface area (Å²) >= 11 is 0. The van der Waals surface area contributed by atoms with Crippen LogP contribution in [0.3, 0.4) is 0 Å². The summed E-state index contributed by atoms with van der Waals surface area (Å²) in [5.41, 5.74) is 3.87. The molecule has 3 aromatic rings. The van der Waals surface area contributed by atoms with Gasteiger partial charge in [0.05, 0.1) is 24.2 Å². The highest BCUT2D eigenvalue weighted by Gasteiger charge is 2.29. The normalized spacial score (nSPS) is 15.6. The fourth-order valence-electron chi connectivity index (χ4n) is 4.48. The molecule has 1 aliphatic heterocycles. The highest BCUT2D eigenvalue weighted by molar-refractivity contribution is 5.95. The van der Waals surface area contributed by atoms with Gasteiger partial charge in [0, 0.05) is 49.4 Å². The highest BCUT2D eigenvalue weighted by Crippen LogP contribution is 2.35. The van der Waals surface area contributed by atoms with Gasteiger partial charge in [0.15, 0.2) is 0 Å². The van der Waals surface area contributed by atoms with E-state index in [-0.39, 0.29) is 11.8 Å². The second-order valence-corrected chi connectivity index (χ2v) is 9.43. The van der Waals surface area contributed by atoms with Gasteiger partial charge in [-0.1, -0.05) is 13.8 Å². The van der Waals surface area contributed by atoms with Crippen molar-refractivity contribution < 1.29 is 14.3 Å². The molecule has 0 spiro atoms. The first kappa shape index (κ1) is 24.8. The maximum Gasteiger partial charge on any atom is 0.224 e. The Bertz CT molecular complexity index is 1150. The average Bonchev–Trinajstić information content (AvgIpc) is 3.37. The number of amides is 1. The van der Waals surface area contributed by atoms with E-state index in [4.69, 9.17) is 14.5 Å². The molecule has 1 amide bonds. The van der Waals surface area contributed by atoms with Gasteiger partial charge in [-0.2, -0.15) is 0 Å². The van der Waals surface area contributed by atoms with Crippen molar-refractivity contribution in [2.45, 2.75) is 20.3 Å². The van der Waals surface area contributed by atoms with E-state index in [1.165, 1.54) is 0 Å². The Morgan fingerprint density at radius 3 is 2.63 bits per heavy atom. The summed E-state index contributed by atoms with van der Waals surface area (Å²) in [4.78, 5) is 19.5. The smallest absolute Gasteiger partial charge is 0.224 e. The lowest BCUT2D eigenvalue weighted by Crippen LogP contribution is -2.30. The Morgan fingerprint density at radius 2 is 1.91 bits per heavy atom. The second kappa shape index (κ2) is 11.4. The van der Waals surface area contributed by atoms with Gasteiger partial charge < -0.3 is 25.0 Å². The fraction of sp³-hybridized carbons (Fsp3) is 0.429. The summed E-state index contributed by atoms with van der Waals surface area (Å²) in [7, 11) is 3.37. The summed E-state index contributed by atoms with van der Waals surface area (Å²) in [6.45, 7) is 8.36. The van der Waals surface area contributed by atoms with Crippen LogP contribution in [0.25, 0.3) is 22.2 Å². The fourth-order valence-corrected chi connectivity index (χ4v) is 4.48. The molecule has 0 bridgehead atoms. The van der Waals surface area contributed by atoms with Crippen molar-refractivity contribution >= 4 is 22.5 Å². The second-order valence-electron chi connectivity index (χ2n) is 9.43. The Hall–Kier alpha value is -3.32. The van der Waals surface area contributed by atoms with Gasteiger partial charge in [-0.05, 0) is 61.3 Å². The van der Waals surface area contributed by atoms with Crippen molar-refractivity contribution in [3.63, 3.8) is 0 Å². The van der Waals surface area contributed by atoms with Gasteiger partial charge in [0.2, 0.25) is 5.91 Å². The molecule has 186 valence electrons. The molecule has 2 N–H and O–H groups in total. The van der Waals surface area contributed by atoms with Crippen molar-refractivity contribution in [2.75, 3.05) is 51.8 Å². The van der Waals surface area contributed by atoms with Crippen LogP contribution in [0.2, 0.25) is 0 Å². The van der Waals surface area contributed by atoms with Gasteiger partial charge in [0.25, 0.3) is 0 Å². The van der Waals surface area contributed by atoms with Gasteiger partial charge in [-0.15, -0.1) is 0 Å². The van der Waals surface area contributed by atoms with E-state index in [0.717, 1.165) is 65.4 Å². The summed E-state index contributed by atoms with van der Waals surface area (Å²) in [5, 5.41) is 7.24. The number of nitrogens with one attached hydrogen (secondary N) is 2. The van der Waals surface area contributed by atoms with E-state index < -0.39 is 0 Å². The lowest BCUT2D eigenvalue weighted by Gasteiger charge is -2.22. The topological polar surface area (TPSA) is 75.7 Å². The van der Waals surface area contributed by atoms with Crippen LogP contribution in [-0.4, -0.2) is 57.8 Å². The summed E-state index contributed by atoms with van der Waals surface area (Å²) in [5.74, 6) is 2.34. The Balaban J connectivity index is 1.57. The minimum atomic E-state index is -0.00336. The summed E-state index contributed by atoms with van der Waals surface area (Å²) in [6, 6.07) is 16.2. The zero-order valence-corrected chi connectivity index (χ0v) is 21.1. The molecular formula is C28H36N4O3. The van der Waals surface area contributed by atoms with Crippen LogP contribution >= 0.6 is 0 Å². The van der Waals surface area contributed by atoms with Gasteiger partial charge >= 0.3 is 0 Å². The number of ether oxygens (including phenoxy) is 2. The number of anilines is 1. The number of nitrogens with zero attached hydrogens (tertiary/aromatic N) is 2. The van der Waals surface area contributed by atoms with Crippen molar-refractivity contribution in [3.05, 3.63) is 48.5 Å². The van der Waals surface area contributed by atoms with Crippen LogP contribution in [0.4, 0.5) is 5.69 Å². The van der Waals surface area contributed by atoms with Crippen molar-refractivity contribution in [3.8, 4) is 22.8 Å². The molecule has 0 saturated carbocycles. The standard InChI is InChI=1S/C28H36N4O3/c1-19(2)17-30-12-14-35-22-7-5-20(6-8-22)25-16-27(32-13-11-21(18-32)28(33)29-3)24-10-9-23(34-4)15-26(24)31-25/h5-10,15-16,19,21,30H,11-14,17-18H2,1-4H3,(H,29,33). The molecule has 2 heterocycles. The molecular weight excluding hydrogens is 440 g/mol. The Labute approximate surface area is 207 Å².